The summed E-state index contributed by atoms with van der Waals surface area (Å²) in [4.78, 5) is 13.3. The van der Waals surface area contributed by atoms with Crippen LogP contribution in [0.5, 0.6) is 0 Å². The first kappa shape index (κ1) is 18.0. The summed E-state index contributed by atoms with van der Waals surface area (Å²) >= 11 is 1.70. The van der Waals surface area contributed by atoms with E-state index in [-0.39, 0.29) is 18.2 Å². The average Bonchev–Trinajstić information content (AvgIpc) is 3.32. The largest absolute Gasteiger partial charge is 0.381 e. The van der Waals surface area contributed by atoms with Gasteiger partial charge in [0.05, 0.1) is 13.2 Å². The third kappa shape index (κ3) is 5.32. The van der Waals surface area contributed by atoms with Crippen LogP contribution in [0.25, 0.3) is 0 Å². The van der Waals surface area contributed by atoms with E-state index in [4.69, 9.17) is 14.0 Å². The van der Waals surface area contributed by atoms with Crippen molar-refractivity contribution in [1.29, 1.82) is 0 Å². The fraction of sp³-hybridized carbons (Fsp3) is 0.444. The molecule has 7 heteroatoms. The molecule has 6 nitrogen and oxygen atoms in total. The molecule has 3 rings (SSSR count). The van der Waals surface area contributed by atoms with Crippen LogP contribution in [0.1, 0.15) is 28.2 Å². The van der Waals surface area contributed by atoms with Crippen LogP contribution >= 0.6 is 11.8 Å². The maximum atomic E-state index is 12.1. The molecule has 2 heterocycles. The fourth-order valence-electron chi connectivity index (χ4n) is 2.59. The number of hydrogen-bond donors (Lipinski definition) is 1. The highest BCUT2D eigenvalue weighted by Gasteiger charge is 2.18. The molecule has 0 saturated carbocycles. The number of benzene rings is 1. The van der Waals surface area contributed by atoms with E-state index in [1.54, 1.807) is 17.8 Å². The summed E-state index contributed by atoms with van der Waals surface area (Å²) in [6.07, 6.45) is 3.02. The summed E-state index contributed by atoms with van der Waals surface area (Å²) in [5, 5.41) is 6.68. The van der Waals surface area contributed by atoms with Crippen molar-refractivity contribution in [2.45, 2.75) is 24.5 Å². The number of thioether (sulfide) groups is 1. The molecule has 1 unspecified atom stereocenters. The van der Waals surface area contributed by atoms with Gasteiger partial charge in [0, 0.05) is 30.0 Å². The standard InChI is InChI=1S/C18H22N2O4S/c1-25-16-4-2-3-13(7-16)10-23-12-15-8-17(20-24-15)18(21)19-9-14-5-6-22-11-14/h2-4,7-8,14H,5-6,9-12H2,1H3,(H,19,21). The second-order valence-corrected chi connectivity index (χ2v) is 6.84. The molecule has 0 aliphatic carbocycles. The molecule has 1 fully saturated rings. The molecule has 1 aliphatic heterocycles. The Kier molecular flexibility index (Phi) is 6.49. The summed E-state index contributed by atoms with van der Waals surface area (Å²) in [5.74, 6) is 0.695. The predicted octanol–water partition coefficient (Wildman–Crippen LogP) is 2.88. The van der Waals surface area contributed by atoms with Crippen molar-refractivity contribution in [2.75, 3.05) is 26.0 Å². The predicted molar refractivity (Wildman–Crippen MR) is 94.5 cm³/mol. The van der Waals surface area contributed by atoms with Crippen molar-refractivity contribution < 1.29 is 18.8 Å². The van der Waals surface area contributed by atoms with Gasteiger partial charge in [-0.25, -0.2) is 0 Å². The van der Waals surface area contributed by atoms with Crippen LogP contribution in [0, 0.1) is 5.92 Å². The molecule has 1 N–H and O–H groups in total. The van der Waals surface area contributed by atoms with Crippen molar-refractivity contribution in [3.8, 4) is 0 Å². The van der Waals surface area contributed by atoms with Gasteiger partial charge in [-0.1, -0.05) is 17.3 Å². The van der Waals surface area contributed by atoms with Crippen molar-refractivity contribution in [2.24, 2.45) is 5.92 Å². The second kappa shape index (κ2) is 9.03. The molecule has 1 atom stereocenters. The topological polar surface area (TPSA) is 73.6 Å². The zero-order valence-corrected chi connectivity index (χ0v) is 15.0. The highest BCUT2D eigenvalue weighted by atomic mass is 32.2. The minimum Gasteiger partial charge on any atom is -0.381 e. The molecular formula is C18H22N2O4S. The lowest BCUT2D eigenvalue weighted by Gasteiger charge is -2.07. The van der Waals surface area contributed by atoms with Gasteiger partial charge in [-0.2, -0.15) is 0 Å². The maximum absolute atomic E-state index is 12.1. The molecular weight excluding hydrogens is 340 g/mol. The maximum Gasteiger partial charge on any atom is 0.273 e. The Morgan fingerprint density at radius 1 is 1.40 bits per heavy atom. The molecule has 1 amide bonds. The van der Waals surface area contributed by atoms with Crippen LogP contribution in [-0.4, -0.2) is 37.1 Å². The van der Waals surface area contributed by atoms with Crippen molar-refractivity contribution >= 4 is 17.7 Å². The molecule has 25 heavy (non-hydrogen) atoms. The Morgan fingerprint density at radius 3 is 3.12 bits per heavy atom. The average molecular weight is 362 g/mol. The highest BCUT2D eigenvalue weighted by Crippen LogP contribution is 2.17. The Morgan fingerprint density at radius 2 is 2.32 bits per heavy atom. The van der Waals surface area contributed by atoms with E-state index in [9.17, 15) is 4.79 Å². The highest BCUT2D eigenvalue weighted by molar-refractivity contribution is 7.98. The number of ether oxygens (including phenoxy) is 2. The molecule has 0 spiro atoms. The van der Waals surface area contributed by atoms with Gasteiger partial charge in [0.2, 0.25) is 0 Å². The van der Waals surface area contributed by atoms with E-state index in [1.807, 2.05) is 18.4 Å². The number of aromatic nitrogens is 1. The van der Waals surface area contributed by atoms with Crippen LogP contribution in [0.4, 0.5) is 0 Å². The Bertz CT molecular complexity index is 698. The van der Waals surface area contributed by atoms with Crippen LogP contribution in [0.2, 0.25) is 0 Å². The second-order valence-electron chi connectivity index (χ2n) is 5.96. The molecule has 0 radical (unpaired) electrons. The minimum absolute atomic E-state index is 0.227. The quantitative estimate of drug-likeness (QED) is 0.728. The zero-order chi connectivity index (χ0) is 17.5. The van der Waals surface area contributed by atoms with Crippen LogP contribution in [0.3, 0.4) is 0 Å². The SMILES string of the molecule is CSc1cccc(COCc2cc(C(=O)NCC3CCOC3)no2)c1. The van der Waals surface area contributed by atoms with Gasteiger partial charge in [-0.05, 0) is 30.4 Å². The molecule has 1 saturated heterocycles. The molecule has 1 aromatic heterocycles. The first-order chi connectivity index (χ1) is 12.2. The summed E-state index contributed by atoms with van der Waals surface area (Å²) < 4.78 is 16.1. The number of amides is 1. The Hall–Kier alpha value is -1.83. The minimum atomic E-state index is -0.227. The van der Waals surface area contributed by atoms with Crippen LogP contribution < -0.4 is 5.32 Å². The van der Waals surface area contributed by atoms with E-state index in [2.05, 4.69) is 22.6 Å². The number of rotatable bonds is 8. The summed E-state index contributed by atoms with van der Waals surface area (Å²) in [6, 6.07) is 9.81. The lowest BCUT2D eigenvalue weighted by Crippen LogP contribution is -2.29. The van der Waals surface area contributed by atoms with Crippen molar-refractivity contribution in [3.05, 3.63) is 47.3 Å². The van der Waals surface area contributed by atoms with Gasteiger partial charge >= 0.3 is 0 Å². The van der Waals surface area contributed by atoms with E-state index in [0.717, 1.165) is 18.6 Å². The summed E-state index contributed by atoms with van der Waals surface area (Å²) in [7, 11) is 0. The van der Waals surface area contributed by atoms with Gasteiger partial charge in [0.1, 0.15) is 6.61 Å². The van der Waals surface area contributed by atoms with E-state index in [1.165, 1.54) is 4.90 Å². The smallest absolute Gasteiger partial charge is 0.273 e. The normalized spacial score (nSPS) is 16.9. The van der Waals surface area contributed by atoms with Crippen molar-refractivity contribution in [3.63, 3.8) is 0 Å². The van der Waals surface area contributed by atoms with E-state index >= 15 is 0 Å². The molecule has 1 aromatic carbocycles. The van der Waals surface area contributed by atoms with Gasteiger partial charge in [-0.15, -0.1) is 11.8 Å². The number of carbonyl (C=O) groups is 1. The molecule has 2 aromatic rings. The lowest BCUT2D eigenvalue weighted by atomic mass is 10.1. The third-order valence-corrected chi connectivity index (χ3v) is 4.74. The van der Waals surface area contributed by atoms with Crippen LogP contribution in [-0.2, 0) is 22.7 Å². The Labute approximate surface area is 151 Å². The number of nitrogens with zero attached hydrogens (tertiary/aromatic N) is 1. The summed E-state index contributed by atoms with van der Waals surface area (Å²) in [5.41, 5.74) is 1.38. The number of hydrogen-bond acceptors (Lipinski definition) is 6. The van der Waals surface area contributed by atoms with Gasteiger partial charge in [0.25, 0.3) is 5.91 Å². The van der Waals surface area contributed by atoms with Gasteiger partial charge < -0.3 is 19.3 Å². The first-order valence-electron chi connectivity index (χ1n) is 8.27. The van der Waals surface area contributed by atoms with Crippen molar-refractivity contribution in [1.82, 2.24) is 10.5 Å². The third-order valence-electron chi connectivity index (χ3n) is 4.01. The first-order valence-corrected chi connectivity index (χ1v) is 9.49. The van der Waals surface area contributed by atoms with Crippen LogP contribution in [0.15, 0.2) is 39.8 Å². The zero-order valence-electron chi connectivity index (χ0n) is 14.2. The lowest BCUT2D eigenvalue weighted by molar-refractivity contribution is 0.0876. The van der Waals surface area contributed by atoms with E-state index < -0.39 is 0 Å². The molecule has 0 bridgehead atoms. The monoisotopic (exact) mass is 362 g/mol. The van der Waals surface area contributed by atoms with Gasteiger partial charge in [-0.3, -0.25) is 4.79 Å². The Balaban J connectivity index is 1.43. The van der Waals surface area contributed by atoms with E-state index in [0.29, 0.717) is 31.4 Å². The summed E-state index contributed by atoms with van der Waals surface area (Å²) in [6.45, 7) is 2.84. The molecule has 1 aliphatic rings. The van der Waals surface area contributed by atoms with Gasteiger partial charge in [0.15, 0.2) is 11.5 Å². The number of nitrogens with one attached hydrogen (secondary N) is 1. The fourth-order valence-corrected chi connectivity index (χ4v) is 3.08. The molecule has 134 valence electrons. The number of carbonyl (C=O) groups excluding carboxylic acids is 1.